The van der Waals surface area contributed by atoms with Crippen LogP contribution in [0.15, 0.2) is 0 Å². The molecular weight excluding hydrogens is 268 g/mol. The van der Waals surface area contributed by atoms with Gasteiger partial charge in [-0.3, -0.25) is 0 Å². The number of nitrogens with one attached hydrogen (secondary N) is 1. The molecule has 0 aliphatic rings. The third-order valence-electron chi connectivity index (χ3n) is 3.25. The van der Waals surface area contributed by atoms with Crippen molar-refractivity contribution in [1.82, 2.24) is 24.7 Å². The minimum Gasteiger partial charge on any atom is -0.464 e. The molecule has 2 aromatic rings. The summed E-state index contributed by atoms with van der Waals surface area (Å²) in [6.07, 6.45) is 0.990. The molecule has 0 radical (unpaired) electrons. The molecule has 0 saturated heterocycles. The van der Waals surface area contributed by atoms with Crippen LogP contribution >= 0.6 is 0 Å². The van der Waals surface area contributed by atoms with Crippen LogP contribution in [0.25, 0.3) is 5.95 Å². The van der Waals surface area contributed by atoms with Crippen LogP contribution in [0.5, 0.6) is 6.01 Å². The molecule has 2 aromatic heterocycles. The summed E-state index contributed by atoms with van der Waals surface area (Å²) in [5.41, 5.74) is 3.12. The molecule has 0 aliphatic heterocycles. The molecule has 0 saturated carbocycles. The zero-order chi connectivity index (χ0) is 15.4. The average molecular weight is 290 g/mol. The van der Waals surface area contributed by atoms with Gasteiger partial charge in [0.15, 0.2) is 0 Å². The number of nitrogens with zero attached hydrogens (tertiary/aromatic N) is 5. The van der Waals surface area contributed by atoms with E-state index in [1.807, 2.05) is 27.7 Å². The molecule has 2 heterocycles. The lowest BCUT2D eigenvalue weighted by atomic mass is 10.2. The SMILES string of the molecule is CCCNc1nc(OCC)nc(-n2nc(C)c(C)c2C)n1. The van der Waals surface area contributed by atoms with E-state index in [0.717, 1.165) is 29.9 Å². The number of hydrogen-bond donors (Lipinski definition) is 1. The number of hydrogen-bond acceptors (Lipinski definition) is 6. The largest absolute Gasteiger partial charge is 0.464 e. The minimum atomic E-state index is 0.311. The molecule has 0 bridgehead atoms. The second kappa shape index (κ2) is 6.51. The predicted octanol–water partition coefficient (Wildman–Crippen LogP) is 2.20. The van der Waals surface area contributed by atoms with Crippen molar-refractivity contribution in [3.63, 3.8) is 0 Å². The van der Waals surface area contributed by atoms with Gasteiger partial charge in [0.05, 0.1) is 12.3 Å². The molecule has 0 amide bonds. The van der Waals surface area contributed by atoms with Gasteiger partial charge in [-0.25, -0.2) is 4.68 Å². The van der Waals surface area contributed by atoms with E-state index in [4.69, 9.17) is 4.74 Å². The highest BCUT2D eigenvalue weighted by Gasteiger charge is 2.14. The number of aryl methyl sites for hydroxylation is 1. The normalized spacial score (nSPS) is 10.7. The molecule has 0 spiro atoms. The van der Waals surface area contributed by atoms with Crippen LogP contribution in [0.4, 0.5) is 5.95 Å². The highest BCUT2D eigenvalue weighted by molar-refractivity contribution is 5.33. The fourth-order valence-electron chi connectivity index (χ4n) is 1.87. The van der Waals surface area contributed by atoms with Crippen LogP contribution in [-0.2, 0) is 0 Å². The Morgan fingerprint density at radius 2 is 1.86 bits per heavy atom. The maximum absolute atomic E-state index is 5.42. The smallest absolute Gasteiger partial charge is 0.323 e. The van der Waals surface area contributed by atoms with Crippen LogP contribution in [0.1, 0.15) is 37.2 Å². The van der Waals surface area contributed by atoms with Gasteiger partial charge in [-0.15, -0.1) is 0 Å². The monoisotopic (exact) mass is 290 g/mol. The molecule has 21 heavy (non-hydrogen) atoms. The summed E-state index contributed by atoms with van der Waals surface area (Å²) in [5, 5.41) is 7.64. The fraction of sp³-hybridized carbons (Fsp3) is 0.571. The standard InChI is InChI=1S/C14H22N6O/c1-6-8-15-12-16-13(18-14(17-12)21-7-2)20-11(5)9(3)10(4)19-20/h6-8H2,1-5H3,(H,15,16,17,18). The summed E-state index contributed by atoms with van der Waals surface area (Å²) in [6.45, 7) is 11.3. The van der Waals surface area contributed by atoms with Gasteiger partial charge in [-0.2, -0.15) is 20.1 Å². The van der Waals surface area contributed by atoms with E-state index in [1.165, 1.54) is 0 Å². The zero-order valence-electron chi connectivity index (χ0n) is 13.3. The lowest BCUT2D eigenvalue weighted by molar-refractivity contribution is 0.311. The first-order chi connectivity index (χ1) is 10.1. The van der Waals surface area contributed by atoms with Gasteiger partial charge in [-0.05, 0) is 39.7 Å². The van der Waals surface area contributed by atoms with Gasteiger partial charge < -0.3 is 10.1 Å². The highest BCUT2D eigenvalue weighted by Crippen LogP contribution is 2.17. The van der Waals surface area contributed by atoms with Gasteiger partial charge in [0.1, 0.15) is 0 Å². The van der Waals surface area contributed by atoms with Crippen molar-refractivity contribution < 1.29 is 4.74 Å². The van der Waals surface area contributed by atoms with E-state index in [9.17, 15) is 0 Å². The lowest BCUT2D eigenvalue weighted by Crippen LogP contribution is -2.13. The van der Waals surface area contributed by atoms with Crippen molar-refractivity contribution in [2.45, 2.75) is 41.0 Å². The predicted molar refractivity (Wildman–Crippen MR) is 81.1 cm³/mol. The van der Waals surface area contributed by atoms with Crippen molar-refractivity contribution in [2.75, 3.05) is 18.5 Å². The molecule has 114 valence electrons. The molecule has 0 aromatic carbocycles. The number of ether oxygens (including phenoxy) is 1. The average Bonchev–Trinajstić information content (AvgIpc) is 2.73. The van der Waals surface area contributed by atoms with E-state index in [0.29, 0.717) is 24.5 Å². The molecule has 2 rings (SSSR count). The Balaban J connectivity index is 2.45. The third-order valence-corrected chi connectivity index (χ3v) is 3.25. The second-order valence-electron chi connectivity index (χ2n) is 4.81. The van der Waals surface area contributed by atoms with Gasteiger partial charge in [0.25, 0.3) is 5.95 Å². The first kappa shape index (κ1) is 15.2. The van der Waals surface area contributed by atoms with Crippen molar-refractivity contribution in [2.24, 2.45) is 0 Å². The van der Waals surface area contributed by atoms with E-state index < -0.39 is 0 Å². The molecule has 0 aliphatic carbocycles. The van der Waals surface area contributed by atoms with Crippen molar-refractivity contribution in [3.05, 3.63) is 17.0 Å². The quantitative estimate of drug-likeness (QED) is 0.878. The topological polar surface area (TPSA) is 77.8 Å². The number of anilines is 1. The summed E-state index contributed by atoms with van der Waals surface area (Å²) in [6, 6.07) is 0.311. The first-order valence-corrected chi connectivity index (χ1v) is 7.22. The lowest BCUT2D eigenvalue weighted by Gasteiger charge is -2.09. The Morgan fingerprint density at radius 3 is 2.43 bits per heavy atom. The Hall–Kier alpha value is -2.18. The molecule has 7 heteroatoms. The first-order valence-electron chi connectivity index (χ1n) is 7.22. The summed E-state index contributed by atoms with van der Waals surface area (Å²) < 4.78 is 7.15. The summed E-state index contributed by atoms with van der Waals surface area (Å²) in [4.78, 5) is 13.0. The zero-order valence-corrected chi connectivity index (χ0v) is 13.3. The molecular formula is C14H22N6O. The summed E-state index contributed by atoms with van der Waals surface area (Å²) in [5.74, 6) is 0.983. The fourth-order valence-corrected chi connectivity index (χ4v) is 1.87. The Bertz CT molecular complexity index is 622. The van der Waals surface area contributed by atoms with Crippen molar-refractivity contribution >= 4 is 5.95 Å². The molecule has 7 nitrogen and oxygen atoms in total. The van der Waals surface area contributed by atoms with Gasteiger partial charge in [-0.1, -0.05) is 6.92 Å². The van der Waals surface area contributed by atoms with E-state index >= 15 is 0 Å². The van der Waals surface area contributed by atoms with Crippen molar-refractivity contribution in [1.29, 1.82) is 0 Å². The highest BCUT2D eigenvalue weighted by atomic mass is 16.5. The molecule has 0 atom stereocenters. The van der Waals surface area contributed by atoms with E-state index in [1.54, 1.807) is 4.68 Å². The van der Waals surface area contributed by atoms with Crippen LogP contribution < -0.4 is 10.1 Å². The molecule has 0 unspecified atom stereocenters. The van der Waals surface area contributed by atoms with Crippen LogP contribution in [0, 0.1) is 20.8 Å². The molecule has 1 N–H and O–H groups in total. The maximum atomic E-state index is 5.42. The summed E-state index contributed by atoms with van der Waals surface area (Å²) >= 11 is 0. The Morgan fingerprint density at radius 1 is 1.10 bits per heavy atom. The van der Waals surface area contributed by atoms with Gasteiger partial charge in [0, 0.05) is 12.2 Å². The number of aromatic nitrogens is 5. The maximum Gasteiger partial charge on any atom is 0.323 e. The minimum absolute atomic E-state index is 0.311. The van der Waals surface area contributed by atoms with Crippen LogP contribution in [-0.4, -0.2) is 37.9 Å². The Kier molecular flexibility index (Phi) is 4.72. The van der Waals surface area contributed by atoms with E-state index in [-0.39, 0.29) is 0 Å². The van der Waals surface area contributed by atoms with Gasteiger partial charge in [0.2, 0.25) is 5.95 Å². The van der Waals surface area contributed by atoms with Crippen LogP contribution in [0.3, 0.4) is 0 Å². The number of rotatable bonds is 6. The molecule has 0 fully saturated rings. The Labute approximate surface area is 124 Å². The summed E-state index contributed by atoms with van der Waals surface area (Å²) in [7, 11) is 0. The van der Waals surface area contributed by atoms with E-state index in [2.05, 4.69) is 32.3 Å². The van der Waals surface area contributed by atoms with Crippen LogP contribution in [0.2, 0.25) is 0 Å². The van der Waals surface area contributed by atoms with Gasteiger partial charge >= 0.3 is 6.01 Å². The second-order valence-corrected chi connectivity index (χ2v) is 4.81. The third kappa shape index (κ3) is 3.29. The van der Waals surface area contributed by atoms with Crippen molar-refractivity contribution in [3.8, 4) is 12.0 Å².